The predicted octanol–water partition coefficient (Wildman–Crippen LogP) is 3.49. The summed E-state index contributed by atoms with van der Waals surface area (Å²) in [5.41, 5.74) is 7.18. The molecule has 1 aliphatic rings. The van der Waals surface area contributed by atoms with Crippen molar-refractivity contribution in [3.8, 4) is 0 Å². The Hall–Kier alpha value is -0.600. The quantitative estimate of drug-likeness (QED) is 0.775. The van der Waals surface area contributed by atoms with E-state index in [1.165, 1.54) is 21.3 Å². The van der Waals surface area contributed by atoms with Crippen LogP contribution in [0.4, 0.5) is 5.69 Å². The Kier molecular flexibility index (Phi) is 4.04. The highest BCUT2D eigenvalue weighted by Crippen LogP contribution is 2.35. The van der Waals surface area contributed by atoms with Crippen LogP contribution in [-0.4, -0.2) is 19.3 Å². The summed E-state index contributed by atoms with van der Waals surface area (Å²) >= 11 is 10.9. The highest BCUT2D eigenvalue weighted by Gasteiger charge is 2.31. The molecule has 21 heavy (non-hydrogen) atoms. The van der Waals surface area contributed by atoms with Crippen LogP contribution in [-0.2, 0) is 23.0 Å². The third-order valence-corrected chi connectivity index (χ3v) is 7.68. The normalized spacial score (nSPS) is 15.9. The van der Waals surface area contributed by atoms with Gasteiger partial charge in [0, 0.05) is 28.7 Å². The average Bonchev–Trinajstić information content (AvgIpc) is 2.89. The molecule has 0 radical (unpaired) electrons. The van der Waals surface area contributed by atoms with Crippen LogP contribution < -0.4 is 5.73 Å². The molecule has 0 fully saturated rings. The summed E-state index contributed by atoms with van der Waals surface area (Å²) in [5.74, 6) is 0. The summed E-state index contributed by atoms with van der Waals surface area (Å²) < 4.78 is 27.5. The van der Waals surface area contributed by atoms with E-state index in [9.17, 15) is 8.42 Å². The minimum absolute atomic E-state index is 0.117. The average molecular weight is 408 g/mol. The molecule has 4 nitrogen and oxygen atoms in total. The van der Waals surface area contributed by atoms with Crippen LogP contribution in [0.3, 0.4) is 0 Å². The summed E-state index contributed by atoms with van der Waals surface area (Å²) in [5, 5.41) is 2.30. The van der Waals surface area contributed by atoms with Crippen molar-refractivity contribution in [3.63, 3.8) is 0 Å². The lowest BCUT2D eigenvalue weighted by molar-refractivity contribution is 0.394. The summed E-state index contributed by atoms with van der Waals surface area (Å²) in [6.45, 7) is 0.856. The molecular formula is C13H12BrClN2O2S2. The van der Waals surface area contributed by atoms with Crippen molar-refractivity contribution in [2.75, 3.05) is 12.3 Å². The first-order valence-corrected chi connectivity index (χ1v) is 9.68. The number of hydrogen-bond acceptors (Lipinski definition) is 4. The first-order valence-electron chi connectivity index (χ1n) is 6.19. The van der Waals surface area contributed by atoms with E-state index in [1.807, 2.05) is 11.4 Å². The zero-order valence-corrected chi connectivity index (χ0v) is 14.8. The lowest BCUT2D eigenvalue weighted by atomic mass is 10.1. The standard InChI is InChI=1S/C13H12BrClN2O2S2/c14-13-10(16)5-9(15)6-12(13)21(18,19)17-3-1-11-8(7-17)2-4-20-11/h2,4-6H,1,3,7,16H2. The molecule has 8 heteroatoms. The van der Waals surface area contributed by atoms with Crippen LogP contribution in [0.15, 0.2) is 32.9 Å². The minimum Gasteiger partial charge on any atom is -0.398 e. The van der Waals surface area contributed by atoms with E-state index in [2.05, 4.69) is 15.9 Å². The van der Waals surface area contributed by atoms with Gasteiger partial charge in [0.2, 0.25) is 10.0 Å². The number of thiophene rings is 1. The van der Waals surface area contributed by atoms with Gasteiger partial charge in [-0.25, -0.2) is 8.42 Å². The first-order chi connectivity index (χ1) is 9.89. The summed E-state index contributed by atoms with van der Waals surface area (Å²) in [6.07, 6.45) is 0.736. The van der Waals surface area contributed by atoms with E-state index in [4.69, 9.17) is 17.3 Å². The van der Waals surface area contributed by atoms with E-state index >= 15 is 0 Å². The second-order valence-corrected chi connectivity index (χ2v) is 8.90. The molecule has 0 saturated carbocycles. The summed E-state index contributed by atoms with van der Waals surface area (Å²) in [7, 11) is -3.63. The van der Waals surface area contributed by atoms with Crippen molar-refractivity contribution in [2.24, 2.45) is 0 Å². The fourth-order valence-corrected chi connectivity index (χ4v) is 5.90. The fourth-order valence-electron chi connectivity index (χ4n) is 2.34. The third-order valence-electron chi connectivity index (χ3n) is 3.42. The Balaban J connectivity index is 2.03. The molecular weight excluding hydrogens is 396 g/mol. The Morgan fingerprint density at radius 1 is 1.38 bits per heavy atom. The van der Waals surface area contributed by atoms with Crippen molar-refractivity contribution in [1.29, 1.82) is 0 Å². The van der Waals surface area contributed by atoms with E-state index in [1.54, 1.807) is 11.3 Å². The largest absolute Gasteiger partial charge is 0.398 e. The number of nitrogens with two attached hydrogens (primary N) is 1. The first kappa shape index (κ1) is 15.3. The van der Waals surface area contributed by atoms with Gasteiger partial charge in [-0.3, -0.25) is 0 Å². The summed E-state index contributed by atoms with van der Waals surface area (Å²) in [6, 6.07) is 4.93. The molecule has 0 spiro atoms. The number of hydrogen-bond donors (Lipinski definition) is 1. The molecule has 0 atom stereocenters. The number of rotatable bonds is 2. The monoisotopic (exact) mass is 406 g/mol. The SMILES string of the molecule is Nc1cc(Cl)cc(S(=O)(=O)N2CCc3sccc3C2)c1Br. The van der Waals surface area contributed by atoms with Crippen LogP contribution in [0.25, 0.3) is 0 Å². The van der Waals surface area contributed by atoms with E-state index in [0.29, 0.717) is 28.3 Å². The zero-order chi connectivity index (χ0) is 15.2. The lowest BCUT2D eigenvalue weighted by Crippen LogP contribution is -2.35. The third kappa shape index (κ3) is 2.73. The van der Waals surface area contributed by atoms with E-state index in [-0.39, 0.29) is 4.90 Å². The number of anilines is 1. The molecule has 112 valence electrons. The summed E-state index contributed by atoms with van der Waals surface area (Å²) in [4.78, 5) is 1.37. The fraction of sp³-hybridized carbons (Fsp3) is 0.231. The molecule has 0 unspecified atom stereocenters. The molecule has 0 aliphatic carbocycles. The number of sulfonamides is 1. The van der Waals surface area contributed by atoms with Gasteiger partial charge in [0.15, 0.2) is 0 Å². The molecule has 2 heterocycles. The topological polar surface area (TPSA) is 63.4 Å². The van der Waals surface area contributed by atoms with Gasteiger partial charge in [-0.2, -0.15) is 4.31 Å². The van der Waals surface area contributed by atoms with Crippen LogP contribution in [0.5, 0.6) is 0 Å². The number of nitrogen functional groups attached to an aromatic ring is 1. The zero-order valence-electron chi connectivity index (χ0n) is 10.8. The maximum absolute atomic E-state index is 12.8. The van der Waals surface area contributed by atoms with Crippen molar-refractivity contribution >= 4 is 54.6 Å². The van der Waals surface area contributed by atoms with Gasteiger partial charge < -0.3 is 5.73 Å². The molecule has 1 aromatic carbocycles. The molecule has 2 N–H and O–H groups in total. The van der Waals surface area contributed by atoms with Gasteiger partial charge in [0.1, 0.15) is 0 Å². The van der Waals surface area contributed by atoms with Crippen molar-refractivity contribution in [1.82, 2.24) is 4.31 Å². The van der Waals surface area contributed by atoms with E-state index in [0.717, 1.165) is 12.0 Å². The molecule has 3 rings (SSSR count). The molecule has 0 bridgehead atoms. The molecule has 0 amide bonds. The van der Waals surface area contributed by atoms with Gasteiger partial charge in [-0.15, -0.1) is 11.3 Å². The second-order valence-electron chi connectivity index (χ2n) is 4.76. The van der Waals surface area contributed by atoms with Crippen LogP contribution in [0, 0.1) is 0 Å². The van der Waals surface area contributed by atoms with Crippen LogP contribution in [0.2, 0.25) is 5.02 Å². The predicted molar refractivity (Wildman–Crippen MR) is 89.2 cm³/mol. The van der Waals surface area contributed by atoms with E-state index < -0.39 is 10.0 Å². The lowest BCUT2D eigenvalue weighted by Gasteiger charge is -2.27. The number of benzene rings is 1. The maximum Gasteiger partial charge on any atom is 0.244 e. The molecule has 2 aromatic rings. The Labute approximate surface area is 140 Å². The van der Waals surface area contributed by atoms with Crippen molar-refractivity contribution < 1.29 is 8.42 Å². The smallest absolute Gasteiger partial charge is 0.244 e. The Bertz CT molecular complexity index is 804. The van der Waals surface area contributed by atoms with Crippen LogP contribution in [0.1, 0.15) is 10.4 Å². The molecule has 0 saturated heterocycles. The van der Waals surface area contributed by atoms with Crippen molar-refractivity contribution in [3.05, 3.63) is 43.5 Å². The van der Waals surface area contributed by atoms with Crippen molar-refractivity contribution in [2.45, 2.75) is 17.9 Å². The van der Waals surface area contributed by atoms with Gasteiger partial charge in [0.25, 0.3) is 0 Å². The van der Waals surface area contributed by atoms with Gasteiger partial charge in [0.05, 0.1) is 9.37 Å². The number of fused-ring (bicyclic) bond motifs is 1. The Morgan fingerprint density at radius 2 is 2.14 bits per heavy atom. The van der Waals surface area contributed by atoms with Crippen LogP contribution >= 0.6 is 38.9 Å². The molecule has 1 aliphatic heterocycles. The van der Waals surface area contributed by atoms with Gasteiger partial charge >= 0.3 is 0 Å². The molecule has 1 aromatic heterocycles. The van der Waals surface area contributed by atoms with Gasteiger partial charge in [-0.1, -0.05) is 11.6 Å². The number of halogens is 2. The Morgan fingerprint density at radius 3 is 2.90 bits per heavy atom. The highest BCUT2D eigenvalue weighted by atomic mass is 79.9. The highest BCUT2D eigenvalue weighted by molar-refractivity contribution is 9.10. The minimum atomic E-state index is -3.63. The second kappa shape index (κ2) is 5.55. The van der Waals surface area contributed by atoms with Gasteiger partial charge in [-0.05, 0) is 51.5 Å². The maximum atomic E-state index is 12.8. The number of nitrogens with zero attached hydrogens (tertiary/aromatic N) is 1.